The summed E-state index contributed by atoms with van der Waals surface area (Å²) in [4.78, 5) is 11.9. The van der Waals surface area contributed by atoms with Gasteiger partial charge in [0.25, 0.3) is 6.10 Å². The number of hydrogen-bond donors (Lipinski definition) is 2. The highest BCUT2D eigenvalue weighted by molar-refractivity contribution is 14.1. The molecule has 0 aromatic heterocycles. The van der Waals surface area contributed by atoms with Crippen molar-refractivity contribution in [2.75, 3.05) is 0 Å². The standard InChI is InChI=1S/C10H5F5I2O6S/c11-9(12,13)8(10(14,15)24-23-22-20)21-7(19)5-3(16)1-2-4(17)6(5)18/h1-2,8,18,20H. The molecule has 0 spiro atoms. The maximum atomic E-state index is 13.5. The van der Waals surface area contributed by atoms with Crippen LogP contribution in [0.25, 0.3) is 0 Å². The van der Waals surface area contributed by atoms with Crippen molar-refractivity contribution in [3.05, 3.63) is 24.8 Å². The molecule has 2 N–H and O–H groups in total. The molecule has 0 aliphatic rings. The number of alkyl halides is 5. The Balaban J connectivity index is 3.17. The van der Waals surface area contributed by atoms with Gasteiger partial charge in [0.05, 0.1) is 3.57 Å². The molecule has 0 heterocycles. The van der Waals surface area contributed by atoms with Gasteiger partial charge >= 0.3 is 17.4 Å². The van der Waals surface area contributed by atoms with E-state index in [4.69, 9.17) is 5.26 Å². The number of ether oxygens (including phenoxy) is 1. The Morgan fingerprint density at radius 1 is 1.17 bits per heavy atom. The van der Waals surface area contributed by atoms with Gasteiger partial charge in [0, 0.05) is 3.57 Å². The number of carbonyl (C=O) groups excluding carboxylic acids is 1. The average molecular weight is 602 g/mol. The smallest absolute Gasteiger partial charge is 0.432 e. The summed E-state index contributed by atoms with van der Waals surface area (Å²) in [6.45, 7) is 0. The van der Waals surface area contributed by atoms with E-state index in [9.17, 15) is 31.9 Å². The van der Waals surface area contributed by atoms with Gasteiger partial charge in [-0.15, -0.1) is 4.33 Å². The summed E-state index contributed by atoms with van der Waals surface area (Å²) in [6.07, 6.45) is -9.60. The van der Waals surface area contributed by atoms with E-state index in [2.05, 4.69) is 14.1 Å². The molecule has 1 rings (SSSR count). The predicted molar refractivity (Wildman–Crippen MR) is 86.1 cm³/mol. The zero-order valence-electron chi connectivity index (χ0n) is 10.8. The Labute approximate surface area is 162 Å². The molecule has 0 amide bonds. The van der Waals surface area contributed by atoms with E-state index in [0.717, 1.165) is 0 Å². The van der Waals surface area contributed by atoms with Gasteiger partial charge in [-0.25, -0.2) is 10.1 Å². The number of esters is 1. The molecule has 1 atom stereocenters. The molecule has 0 fully saturated rings. The van der Waals surface area contributed by atoms with Crippen LogP contribution in [0.3, 0.4) is 0 Å². The lowest BCUT2D eigenvalue weighted by atomic mass is 10.2. The summed E-state index contributed by atoms with van der Waals surface area (Å²) >= 11 is 1.89. The van der Waals surface area contributed by atoms with E-state index in [1.165, 1.54) is 34.7 Å². The first-order valence-electron chi connectivity index (χ1n) is 5.40. The largest absolute Gasteiger partial charge is 0.506 e. The number of rotatable bonds is 6. The van der Waals surface area contributed by atoms with Crippen molar-refractivity contribution < 1.29 is 51.2 Å². The Morgan fingerprint density at radius 3 is 2.21 bits per heavy atom. The van der Waals surface area contributed by atoms with Gasteiger partial charge in [0.2, 0.25) is 0 Å². The predicted octanol–water partition coefficient (Wildman–Crippen LogP) is 4.35. The number of halogens is 7. The van der Waals surface area contributed by atoms with Crippen LogP contribution in [0, 0.1) is 7.14 Å². The lowest BCUT2D eigenvalue weighted by Crippen LogP contribution is -2.46. The highest BCUT2D eigenvalue weighted by Gasteiger charge is 2.60. The van der Waals surface area contributed by atoms with Gasteiger partial charge in [0.1, 0.15) is 23.4 Å². The lowest BCUT2D eigenvalue weighted by Gasteiger charge is -2.26. The van der Waals surface area contributed by atoms with Crippen molar-refractivity contribution in [2.24, 2.45) is 0 Å². The molecule has 0 radical (unpaired) electrons. The van der Waals surface area contributed by atoms with Crippen molar-refractivity contribution >= 4 is 63.2 Å². The van der Waals surface area contributed by atoms with Gasteiger partial charge in [-0.3, -0.25) is 0 Å². The third-order valence-corrected chi connectivity index (χ3v) is 4.62. The Kier molecular flexibility index (Phi) is 7.72. The molecule has 0 saturated heterocycles. The summed E-state index contributed by atoms with van der Waals surface area (Å²) in [5.74, 6) is -2.53. The third-order valence-electron chi connectivity index (χ3n) is 2.28. The quantitative estimate of drug-likeness (QED) is 0.125. The number of phenols is 1. The van der Waals surface area contributed by atoms with Crippen LogP contribution in [0.15, 0.2) is 12.1 Å². The van der Waals surface area contributed by atoms with E-state index in [-0.39, 0.29) is 7.14 Å². The van der Waals surface area contributed by atoms with Gasteiger partial charge in [-0.2, -0.15) is 22.0 Å². The molecule has 24 heavy (non-hydrogen) atoms. The molecule has 0 bridgehead atoms. The van der Waals surface area contributed by atoms with Gasteiger partial charge in [-0.05, 0) is 57.3 Å². The fraction of sp³-hybridized carbons (Fsp3) is 0.300. The van der Waals surface area contributed by atoms with Crippen LogP contribution in [0.4, 0.5) is 22.0 Å². The van der Waals surface area contributed by atoms with Crippen molar-refractivity contribution in [1.82, 2.24) is 0 Å². The van der Waals surface area contributed by atoms with Gasteiger partial charge in [-0.1, -0.05) is 5.04 Å². The van der Waals surface area contributed by atoms with Crippen molar-refractivity contribution in [2.45, 2.75) is 17.5 Å². The SMILES string of the molecule is O=C(OC(C(F)(F)F)C(F)(F)SOOO)c1c(I)ccc(I)c1O. The molecular weight excluding hydrogens is 597 g/mol. The van der Waals surface area contributed by atoms with Crippen LogP contribution < -0.4 is 0 Å². The van der Waals surface area contributed by atoms with E-state index >= 15 is 0 Å². The van der Waals surface area contributed by atoms with Crippen LogP contribution >= 0.6 is 57.2 Å². The minimum Gasteiger partial charge on any atom is -0.506 e. The Bertz CT molecular complexity index is 614. The fourth-order valence-electron chi connectivity index (χ4n) is 1.33. The average Bonchev–Trinajstić information content (AvgIpc) is 2.45. The minimum absolute atomic E-state index is 0.0117. The van der Waals surface area contributed by atoms with E-state index in [1.54, 1.807) is 22.6 Å². The lowest BCUT2D eigenvalue weighted by molar-refractivity contribution is -0.434. The molecule has 1 unspecified atom stereocenters. The number of carbonyl (C=O) groups is 1. The van der Waals surface area contributed by atoms with Crippen LogP contribution in [0.1, 0.15) is 10.4 Å². The molecule has 0 aliphatic carbocycles. The second-order valence-electron chi connectivity index (χ2n) is 3.87. The molecular formula is C10H5F5I2O6S. The molecule has 0 aliphatic heterocycles. The van der Waals surface area contributed by atoms with Gasteiger partial charge < -0.3 is 9.84 Å². The summed E-state index contributed by atoms with van der Waals surface area (Å²) < 4.78 is 72.7. The molecule has 1 aromatic carbocycles. The normalized spacial score (nSPS) is 13.7. The van der Waals surface area contributed by atoms with Crippen LogP contribution in [-0.2, 0) is 14.1 Å². The van der Waals surface area contributed by atoms with Gasteiger partial charge in [0.15, 0.2) is 0 Å². The second kappa shape index (κ2) is 8.47. The van der Waals surface area contributed by atoms with E-state index < -0.39 is 46.9 Å². The zero-order chi connectivity index (χ0) is 18.7. The molecule has 14 heteroatoms. The topological polar surface area (TPSA) is 85.2 Å². The summed E-state index contributed by atoms with van der Waals surface area (Å²) in [5.41, 5.74) is -0.697. The van der Waals surface area contributed by atoms with E-state index in [0.29, 0.717) is 0 Å². The second-order valence-corrected chi connectivity index (χ2v) is 7.04. The highest BCUT2D eigenvalue weighted by Crippen LogP contribution is 2.43. The maximum Gasteiger partial charge on any atom is 0.432 e. The maximum absolute atomic E-state index is 13.5. The number of aromatic hydroxyl groups is 1. The first kappa shape index (κ1) is 21.9. The van der Waals surface area contributed by atoms with Crippen molar-refractivity contribution in [3.8, 4) is 5.75 Å². The van der Waals surface area contributed by atoms with Crippen LogP contribution in [0.5, 0.6) is 5.75 Å². The highest BCUT2D eigenvalue weighted by atomic mass is 127. The van der Waals surface area contributed by atoms with E-state index in [1.807, 2.05) is 0 Å². The summed E-state index contributed by atoms with van der Waals surface area (Å²) in [6, 6.07) is 2.63. The molecule has 6 nitrogen and oxygen atoms in total. The molecule has 0 saturated carbocycles. The summed E-state index contributed by atoms with van der Waals surface area (Å²) in [5, 5.41) is 15.5. The first-order chi connectivity index (χ1) is 10.9. The number of benzene rings is 1. The number of hydrogen-bond acceptors (Lipinski definition) is 7. The van der Waals surface area contributed by atoms with Crippen LogP contribution in [-0.4, -0.2) is 33.9 Å². The summed E-state index contributed by atoms with van der Waals surface area (Å²) in [7, 11) is 0. The monoisotopic (exact) mass is 602 g/mol. The Morgan fingerprint density at radius 2 is 1.71 bits per heavy atom. The Hall–Kier alpha value is -0.170. The van der Waals surface area contributed by atoms with Crippen molar-refractivity contribution in [3.63, 3.8) is 0 Å². The molecule has 136 valence electrons. The number of phenolic OH excluding ortho intramolecular Hbond substituents is 1. The van der Waals surface area contributed by atoms with Crippen LogP contribution in [0.2, 0.25) is 0 Å². The zero-order valence-corrected chi connectivity index (χ0v) is 15.9. The third kappa shape index (κ3) is 5.41. The van der Waals surface area contributed by atoms with Crippen molar-refractivity contribution in [1.29, 1.82) is 0 Å². The minimum atomic E-state index is -5.67. The first-order valence-corrected chi connectivity index (χ1v) is 8.30. The fourth-order valence-corrected chi connectivity index (χ4v) is 2.83. The molecule has 1 aromatic rings.